The Labute approximate surface area is 60.0 Å². The molecule has 1 aliphatic rings. The monoisotopic (exact) mass is 147 g/mol. The van der Waals surface area contributed by atoms with Gasteiger partial charge in [-0.2, -0.15) is 0 Å². The molecule has 0 bridgehead atoms. The standard InChI is InChI=1S/C6H13NO3/c1-2-7-3-4-10-5-6(7,8)9/h8-9H,2-5H2,1H3. The molecule has 1 aliphatic heterocycles. The van der Waals surface area contributed by atoms with Crippen molar-refractivity contribution in [2.45, 2.75) is 12.8 Å². The number of nitrogens with zero attached hydrogens (tertiary/aromatic N) is 1. The van der Waals surface area contributed by atoms with Gasteiger partial charge < -0.3 is 14.9 Å². The van der Waals surface area contributed by atoms with Gasteiger partial charge in [-0.3, -0.25) is 0 Å². The van der Waals surface area contributed by atoms with Crippen molar-refractivity contribution in [2.75, 3.05) is 26.3 Å². The molecule has 4 nitrogen and oxygen atoms in total. The lowest BCUT2D eigenvalue weighted by Crippen LogP contribution is -2.56. The number of rotatable bonds is 1. The first-order valence-corrected chi connectivity index (χ1v) is 3.44. The number of ether oxygens (including phenoxy) is 1. The molecule has 10 heavy (non-hydrogen) atoms. The zero-order valence-electron chi connectivity index (χ0n) is 6.08. The highest BCUT2D eigenvalue weighted by Crippen LogP contribution is 2.12. The highest BCUT2D eigenvalue weighted by atomic mass is 16.6. The Kier molecular flexibility index (Phi) is 2.25. The Hall–Kier alpha value is -0.160. The van der Waals surface area contributed by atoms with E-state index in [0.29, 0.717) is 19.7 Å². The van der Waals surface area contributed by atoms with Crippen LogP contribution in [-0.4, -0.2) is 47.3 Å². The van der Waals surface area contributed by atoms with Crippen LogP contribution in [0, 0.1) is 0 Å². The molecule has 0 amide bonds. The van der Waals surface area contributed by atoms with Crippen LogP contribution in [0.15, 0.2) is 0 Å². The van der Waals surface area contributed by atoms with Crippen LogP contribution in [0.5, 0.6) is 0 Å². The molecule has 0 aliphatic carbocycles. The van der Waals surface area contributed by atoms with Crippen LogP contribution in [0.3, 0.4) is 0 Å². The van der Waals surface area contributed by atoms with Crippen molar-refractivity contribution >= 4 is 0 Å². The summed E-state index contributed by atoms with van der Waals surface area (Å²) in [6, 6.07) is 0. The van der Waals surface area contributed by atoms with E-state index in [1.54, 1.807) is 4.90 Å². The summed E-state index contributed by atoms with van der Waals surface area (Å²) in [7, 11) is 0. The van der Waals surface area contributed by atoms with E-state index >= 15 is 0 Å². The fourth-order valence-corrected chi connectivity index (χ4v) is 1.07. The van der Waals surface area contributed by atoms with Gasteiger partial charge in [-0.1, -0.05) is 6.92 Å². The SMILES string of the molecule is CCN1CCOCC1(O)O. The third-order valence-corrected chi connectivity index (χ3v) is 1.69. The maximum absolute atomic E-state index is 9.19. The van der Waals surface area contributed by atoms with E-state index in [1.807, 2.05) is 6.92 Å². The Morgan fingerprint density at radius 3 is 2.70 bits per heavy atom. The Morgan fingerprint density at radius 2 is 2.30 bits per heavy atom. The highest BCUT2D eigenvalue weighted by molar-refractivity contribution is 4.70. The lowest BCUT2D eigenvalue weighted by atomic mass is 10.3. The molecule has 0 aromatic heterocycles. The lowest BCUT2D eigenvalue weighted by molar-refractivity contribution is -0.309. The van der Waals surface area contributed by atoms with E-state index < -0.39 is 5.91 Å². The summed E-state index contributed by atoms with van der Waals surface area (Å²) in [5, 5.41) is 18.4. The molecule has 0 spiro atoms. The average Bonchev–Trinajstić information content (AvgIpc) is 1.87. The van der Waals surface area contributed by atoms with Gasteiger partial charge in [-0.25, -0.2) is 4.90 Å². The predicted octanol–water partition coefficient (Wildman–Crippen LogP) is -1.02. The average molecular weight is 147 g/mol. The van der Waals surface area contributed by atoms with E-state index in [4.69, 9.17) is 4.74 Å². The second-order valence-corrected chi connectivity index (χ2v) is 2.41. The van der Waals surface area contributed by atoms with Crippen molar-refractivity contribution < 1.29 is 14.9 Å². The molecular formula is C6H13NO3. The Morgan fingerprint density at radius 1 is 1.60 bits per heavy atom. The molecule has 60 valence electrons. The molecule has 0 radical (unpaired) electrons. The maximum Gasteiger partial charge on any atom is 0.249 e. The molecule has 4 heteroatoms. The van der Waals surface area contributed by atoms with Crippen molar-refractivity contribution in [3.63, 3.8) is 0 Å². The van der Waals surface area contributed by atoms with E-state index in [9.17, 15) is 10.2 Å². The summed E-state index contributed by atoms with van der Waals surface area (Å²) in [6.07, 6.45) is 0. The minimum atomic E-state index is -1.74. The van der Waals surface area contributed by atoms with Gasteiger partial charge >= 0.3 is 0 Å². The fourth-order valence-electron chi connectivity index (χ4n) is 1.07. The molecule has 1 fully saturated rings. The number of likely N-dealkylation sites (N-methyl/N-ethyl adjacent to an activating group) is 1. The van der Waals surface area contributed by atoms with Gasteiger partial charge in [0.2, 0.25) is 5.91 Å². The molecule has 1 saturated heterocycles. The second kappa shape index (κ2) is 2.84. The molecule has 2 N–H and O–H groups in total. The van der Waals surface area contributed by atoms with Crippen molar-refractivity contribution in [3.05, 3.63) is 0 Å². The van der Waals surface area contributed by atoms with Crippen molar-refractivity contribution in [1.29, 1.82) is 0 Å². The third kappa shape index (κ3) is 1.46. The summed E-state index contributed by atoms with van der Waals surface area (Å²) < 4.78 is 4.88. The Balaban J connectivity index is 2.51. The number of hydrogen-bond acceptors (Lipinski definition) is 4. The topological polar surface area (TPSA) is 52.9 Å². The molecule has 0 aromatic rings. The third-order valence-electron chi connectivity index (χ3n) is 1.69. The number of morpholine rings is 1. The highest BCUT2D eigenvalue weighted by Gasteiger charge is 2.33. The maximum atomic E-state index is 9.19. The molecular weight excluding hydrogens is 134 g/mol. The Bertz CT molecular complexity index is 116. The zero-order chi connectivity index (χ0) is 7.61. The predicted molar refractivity (Wildman–Crippen MR) is 35.2 cm³/mol. The van der Waals surface area contributed by atoms with Crippen molar-refractivity contribution in [3.8, 4) is 0 Å². The van der Waals surface area contributed by atoms with Crippen LogP contribution in [0.2, 0.25) is 0 Å². The number of hydrogen-bond donors (Lipinski definition) is 2. The quantitative estimate of drug-likeness (QED) is 0.466. The largest absolute Gasteiger partial charge is 0.373 e. The van der Waals surface area contributed by atoms with Gasteiger partial charge in [-0.05, 0) is 0 Å². The van der Waals surface area contributed by atoms with Gasteiger partial charge in [0, 0.05) is 13.1 Å². The first-order chi connectivity index (χ1) is 4.67. The fraction of sp³-hybridized carbons (Fsp3) is 1.00. The lowest BCUT2D eigenvalue weighted by Gasteiger charge is -2.37. The summed E-state index contributed by atoms with van der Waals surface area (Å²) in [6.45, 7) is 3.67. The van der Waals surface area contributed by atoms with E-state index in [0.717, 1.165) is 0 Å². The van der Waals surface area contributed by atoms with Crippen LogP contribution in [0.25, 0.3) is 0 Å². The molecule has 0 unspecified atom stereocenters. The summed E-state index contributed by atoms with van der Waals surface area (Å²) >= 11 is 0. The smallest absolute Gasteiger partial charge is 0.249 e. The normalized spacial score (nSPS) is 26.7. The van der Waals surface area contributed by atoms with Gasteiger partial charge in [-0.15, -0.1) is 0 Å². The minimum Gasteiger partial charge on any atom is -0.373 e. The summed E-state index contributed by atoms with van der Waals surface area (Å²) in [5.74, 6) is -1.74. The molecule has 0 atom stereocenters. The van der Waals surface area contributed by atoms with Crippen LogP contribution >= 0.6 is 0 Å². The molecule has 1 heterocycles. The zero-order valence-corrected chi connectivity index (χ0v) is 6.08. The first kappa shape index (κ1) is 7.94. The van der Waals surface area contributed by atoms with Crippen LogP contribution in [-0.2, 0) is 4.74 Å². The summed E-state index contributed by atoms with van der Waals surface area (Å²) in [4.78, 5) is 1.57. The summed E-state index contributed by atoms with van der Waals surface area (Å²) in [5.41, 5.74) is 0. The van der Waals surface area contributed by atoms with Crippen molar-refractivity contribution in [1.82, 2.24) is 4.90 Å². The van der Waals surface area contributed by atoms with Crippen LogP contribution < -0.4 is 0 Å². The second-order valence-electron chi connectivity index (χ2n) is 2.41. The van der Waals surface area contributed by atoms with Crippen LogP contribution in [0.1, 0.15) is 6.92 Å². The number of aliphatic hydroxyl groups is 2. The molecule has 1 rings (SSSR count). The minimum absolute atomic E-state index is 0.0131. The van der Waals surface area contributed by atoms with Crippen molar-refractivity contribution in [2.24, 2.45) is 0 Å². The molecule has 0 saturated carbocycles. The van der Waals surface area contributed by atoms with E-state index in [-0.39, 0.29) is 6.61 Å². The van der Waals surface area contributed by atoms with Gasteiger partial charge in [0.1, 0.15) is 6.61 Å². The first-order valence-electron chi connectivity index (χ1n) is 3.44. The van der Waals surface area contributed by atoms with E-state index in [1.165, 1.54) is 0 Å². The van der Waals surface area contributed by atoms with Crippen LogP contribution in [0.4, 0.5) is 0 Å². The molecule has 0 aromatic carbocycles. The van der Waals surface area contributed by atoms with Gasteiger partial charge in [0.15, 0.2) is 0 Å². The van der Waals surface area contributed by atoms with Gasteiger partial charge in [0.25, 0.3) is 0 Å². The van der Waals surface area contributed by atoms with Gasteiger partial charge in [0.05, 0.1) is 6.61 Å². The van der Waals surface area contributed by atoms with E-state index in [2.05, 4.69) is 0 Å².